The van der Waals surface area contributed by atoms with Gasteiger partial charge in [-0.15, -0.1) is 11.3 Å². The zero-order chi connectivity index (χ0) is 14.4. The summed E-state index contributed by atoms with van der Waals surface area (Å²) in [5.41, 5.74) is 3.70. The summed E-state index contributed by atoms with van der Waals surface area (Å²) in [5, 5.41) is 11.1. The minimum absolute atomic E-state index is 0.751. The molecular weight excluding hydrogens is 272 g/mol. The van der Waals surface area contributed by atoms with Crippen LogP contribution in [-0.4, -0.2) is 41.6 Å². The van der Waals surface area contributed by atoms with E-state index < -0.39 is 0 Å². The molecular formula is C14H22N4OS. The van der Waals surface area contributed by atoms with Crippen molar-refractivity contribution in [1.82, 2.24) is 20.1 Å². The van der Waals surface area contributed by atoms with E-state index in [1.54, 1.807) is 18.4 Å². The number of ether oxygens (including phenoxy) is 1. The van der Waals surface area contributed by atoms with Gasteiger partial charge in [0.2, 0.25) is 0 Å². The van der Waals surface area contributed by atoms with Crippen LogP contribution in [0.1, 0.15) is 22.0 Å². The van der Waals surface area contributed by atoms with Crippen molar-refractivity contribution in [3.63, 3.8) is 0 Å². The second-order valence-electron chi connectivity index (χ2n) is 4.73. The molecule has 20 heavy (non-hydrogen) atoms. The lowest BCUT2D eigenvalue weighted by molar-refractivity contribution is 0.199. The smallest absolute Gasteiger partial charge is 0.114 e. The molecule has 2 rings (SSSR count). The Labute approximate surface area is 124 Å². The summed E-state index contributed by atoms with van der Waals surface area (Å²) >= 11 is 1.67. The summed E-state index contributed by atoms with van der Waals surface area (Å²) in [4.78, 5) is 4.32. The number of hydrogen-bond acceptors (Lipinski definition) is 5. The topological polar surface area (TPSA) is 52.0 Å². The SMILES string of the molecule is COCCNCCc1c(C)nn(Cc2nccs2)c1C. The Morgan fingerprint density at radius 1 is 1.35 bits per heavy atom. The Balaban J connectivity index is 1.94. The van der Waals surface area contributed by atoms with Gasteiger partial charge in [-0.3, -0.25) is 4.68 Å². The average molecular weight is 294 g/mol. The van der Waals surface area contributed by atoms with Crippen LogP contribution < -0.4 is 5.32 Å². The highest BCUT2D eigenvalue weighted by Crippen LogP contribution is 2.16. The Kier molecular flexibility index (Phi) is 5.70. The maximum Gasteiger partial charge on any atom is 0.114 e. The normalized spacial score (nSPS) is 11.2. The van der Waals surface area contributed by atoms with Crippen LogP contribution in [0.5, 0.6) is 0 Å². The molecule has 0 aliphatic heterocycles. The number of aromatic nitrogens is 3. The number of thiazole rings is 1. The summed E-state index contributed by atoms with van der Waals surface area (Å²) in [5.74, 6) is 0. The van der Waals surface area contributed by atoms with E-state index in [9.17, 15) is 0 Å². The summed E-state index contributed by atoms with van der Waals surface area (Å²) in [6, 6.07) is 0. The molecule has 0 saturated heterocycles. The molecule has 0 radical (unpaired) electrons. The summed E-state index contributed by atoms with van der Waals surface area (Å²) in [7, 11) is 1.72. The summed E-state index contributed by atoms with van der Waals surface area (Å²) in [6.07, 6.45) is 2.84. The van der Waals surface area contributed by atoms with Crippen LogP contribution in [0, 0.1) is 13.8 Å². The van der Waals surface area contributed by atoms with Gasteiger partial charge < -0.3 is 10.1 Å². The van der Waals surface area contributed by atoms with Gasteiger partial charge in [0.1, 0.15) is 5.01 Å². The van der Waals surface area contributed by atoms with E-state index in [4.69, 9.17) is 4.74 Å². The number of aryl methyl sites for hydroxylation is 1. The van der Waals surface area contributed by atoms with Gasteiger partial charge in [0, 0.05) is 30.9 Å². The Morgan fingerprint density at radius 2 is 2.20 bits per heavy atom. The van der Waals surface area contributed by atoms with Gasteiger partial charge in [-0.1, -0.05) is 0 Å². The van der Waals surface area contributed by atoms with E-state index in [0.717, 1.165) is 43.4 Å². The third kappa shape index (κ3) is 3.88. The van der Waals surface area contributed by atoms with E-state index in [-0.39, 0.29) is 0 Å². The van der Waals surface area contributed by atoms with E-state index in [1.165, 1.54) is 11.3 Å². The first-order chi connectivity index (χ1) is 9.72. The third-order valence-electron chi connectivity index (χ3n) is 3.33. The molecule has 0 fully saturated rings. The van der Waals surface area contributed by atoms with Crippen molar-refractivity contribution in [2.24, 2.45) is 0 Å². The molecule has 0 unspecified atom stereocenters. The number of nitrogens with one attached hydrogen (secondary N) is 1. The zero-order valence-corrected chi connectivity index (χ0v) is 13.2. The lowest BCUT2D eigenvalue weighted by Gasteiger charge is -2.05. The molecule has 0 saturated carbocycles. The maximum absolute atomic E-state index is 5.02. The largest absolute Gasteiger partial charge is 0.383 e. The van der Waals surface area contributed by atoms with E-state index in [2.05, 4.69) is 33.9 Å². The van der Waals surface area contributed by atoms with Gasteiger partial charge in [-0.25, -0.2) is 4.98 Å². The van der Waals surface area contributed by atoms with Crippen molar-refractivity contribution in [3.8, 4) is 0 Å². The third-order valence-corrected chi connectivity index (χ3v) is 4.10. The maximum atomic E-state index is 5.02. The number of nitrogens with zero attached hydrogens (tertiary/aromatic N) is 3. The highest BCUT2D eigenvalue weighted by Gasteiger charge is 2.11. The molecule has 0 aromatic carbocycles. The molecule has 0 amide bonds. The van der Waals surface area contributed by atoms with Crippen LogP contribution in [0.15, 0.2) is 11.6 Å². The number of methoxy groups -OCH3 is 1. The Bertz CT molecular complexity index is 522. The highest BCUT2D eigenvalue weighted by atomic mass is 32.1. The lowest BCUT2D eigenvalue weighted by Crippen LogP contribution is -2.22. The monoisotopic (exact) mass is 294 g/mol. The van der Waals surface area contributed by atoms with Gasteiger partial charge in [0.25, 0.3) is 0 Å². The number of hydrogen-bond donors (Lipinski definition) is 1. The molecule has 2 aromatic rings. The predicted octanol–water partition coefficient (Wildman–Crippen LogP) is 1.78. The fraction of sp³-hybridized carbons (Fsp3) is 0.571. The molecule has 0 aliphatic carbocycles. The Hall–Kier alpha value is -1.24. The standard InChI is InChI=1S/C14H22N4OS/c1-11-13(4-5-15-6-8-19-3)12(2)18(17-11)10-14-16-7-9-20-14/h7,9,15H,4-6,8,10H2,1-3H3. The molecule has 0 bridgehead atoms. The second-order valence-corrected chi connectivity index (χ2v) is 5.70. The van der Waals surface area contributed by atoms with Gasteiger partial charge in [-0.2, -0.15) is 5.10 Å². The Morgan fingerprint density at radius 3 is 2.90 bits per heavy atom. The van der Waals surface area contributed by atoms with Crippen molar-refractivity contribution in [2.45, 2.75) is 26.8 Å². The first-order valence-electron chi connectivity index (χ1n) is 6.83. The van der Waals surface area contributed by atoms with Gasteiger partial charge in [-0.05, 0) is 32.4 Å². The van der Waals surface area contributed by atoms with Crippen LogP contribution in [0.2, 0.25) is 0 Å². The average Bonchev–Trinajstić information content (AvgIpc) is 3.02. The van der Waals surface area contributed by atoms with Crippen molar-refractivity contribution < 1.29 is 4.74 Å². The summed E-state index contributed by atoms with van der Waals surface area (Å²) in [6.45, 7) is 7.58. The number of rotatable bonds is 8. The van der Waals surface area contributed by atoms with Gasteiger partial charge >= 0.3 is 0 Å². The predicted molar refractivity (Wildman–Crippen MR) is 81.4 cm³/mol. The van der Waals surface area contributed by atoms with Gasteiger partial charge in [0.05, 0.1) is 18.8 Å². The first kappa shape index (κ1) is 15.2. The van der Waals surface area contributed by atoms with Crippen molar-refractivity contribution in [1.29, 1.82) is 0 Å². The van der Waals surface area contributed by atoms with E-state index in [1.807, 2.05) is 11.6 Å². The van der Waals surface area contributed by atoms with Crippen LogP contribution in [0.3, 0.4) is 0 Å². The van der Waals surface area contributed by atoms with E-state index >= 15 is 0 Å². The summed E-state index contributed by atoms with van der Waals surface area (Å²) < 4.78 is 7.07. The van der Waals surface area contributed by atoms with Crippen LogP contribution in [-0.2, 0) is 17.7 Å². The molecule has 2 aromatic heterocycles. The molecule has 5 nitrogen and oxygen atoms in total. The van der Waals surface area contributed by atoms with Crippen LogP contribution in [0.25, 0.3) is 0 Å². The van der Waals surface area contributed by atoms with Gasteiger partial charge in [0.15, 0.2) is 0 Å². The fourth-order valence-corrected chi connectivity index (χ4v) is 2.82. The molecule has 6 heteroatoms. The molecule has 0 spiro atoms. The van der Waals surface area contributed by atoms with Crippen LogP contribution in [0.4, 0.5) is 0 Å². The highest BCUT2D eigenvalue weighted by molar-refractivity contribution is 7.09. The minimum atomic E-state index is 0.751. The van der Waals surface area contributed by atoms with Crippen molar-refractivity contribution in [3.05, 3.63) is 33.5 Å². The molecule has 1 N–H and O–H groups in total. The molecule has 2 heterocycles. The van der Waals surface area contributed by atoms with E-state index in [0.29, 0.717) is 0 Å². The van der Waals surface area contributed by atoms with Crippen molar-refractivity contribution >= 4 is 11.3 Å². The molecule has 0 atom stereocenters. The first-order valence-corrected chi connectivity index (χ1v) is 7.71. The molecule has 0 aliphatic rings. The lowest BCUT2D eigenvalue weighted by atomic mass is 10.1. The van der Waals surface area contributed by atoms with Crippen molar-refractivity contribution in [2.75, 3.05) is 26.8 Å². The quantitative estimate of drug-likeness (QED) is 0.754. The minimum Gasteiger partial charge on any atom is -0.383 e. The second kappa shape index (κ2) is 7.52. The van der Waals surface area contributed by atoms with Crippen LogP contribution >= 0.6 is 11.3 Å². The molecule has 110 valence electrons. The zero-order valence-electron chi connectivity index (χ0n) is 12.3. The fourth-order valence-electron chi connectivity index (χ4n) is 2.22.